The second-order valence-corrected chi connectivity index (χ2v) is 9.52. The lowest BCUT2D eigenvalue weighted by molar-refractivity contribution is -0.125. The number of thiazole rings is 1. The van der Waals surface area contributed by atoms with Crippen molar-refractivity contribution >= 4 is 50.0 Å². The molecule has 1 saturated carbocycles. The fourth-order valence-corrected chi connectivity index (χ4v) is 5.21. The highest BCUT2D eigenvalue weighted by atomic mass is 32.1. The molecule has 3 heterocycles. The predicted octanol–water partition coefficient (Wildman–Crippen LogP) is 3.24. The SMILES string of the molecule is O=C(NCC1CC1)[C@H]1CCc2[nH]c3ncnc(Nc4ccc5[nH]c(=O)sc5c4)c3c2C1. The maximum atomic E-state index is 12.7. The first-order valence-electron chi connectivity index (χ1n) is 10.7. The number of hydrogen-bond donors (Lipinski definition) is 4. The molecule has 1 aromatic carbocycles. The minimum absolute atomic E-state index is 0.0215. The maximum Gasteiger partial charge on any atom is 0.305 e. The zero-order chi connectivity index (χ0) is 20.9. The molecule has 158 valence electrons. The summed E-state index contributed by atoms with van der Waals surface area (Å²) in [5, 5.41) is 7.48. The van der Waals surface area contributed by atoms with E-state index in [9.17, 15) is 9.59 Å². The van der Waals surface area contributed by atoms with Gasteiger partial charge in [-0.2, -0.15) is 0 Å². The van der Waals surface area contributed by atoms with Gasteiger partial charge < -0.3 is 20.6 Å². The minimum Gasteiger partial charge on any atom is -0.356 e. The minimum atomic E-state index is -0.0673. The Morgan fingerprint density at radius 3 is 2.97 bits per heavy atom. The number of aromatic nitrogens is 4. The van der Waals surface area contributed by atoms with Gasteiger partial charge in [-0.3, -0.25) is 9.59 Å². The molecule has 1 fully saturated rings. The summed E-state index contributed by atoms with van der Waals surface area (Å²) in [6, 6.07) is 5.76. The summed E-state index contributed by atoms with van der Waals surface area (Å²) in [6.45, 7) is 0.805. The van der Waals surface area contributed by atoms with Gasteiger partial charge in [-0.1, -0.05) is 11.3 Å². The highest BCUT2D eigenvalue weighted by molar-refractivity contribution is 7.16. The molecule has 0 spiro atoms. The summed E-state index contributed by atoms with van der Waals surface area (Å²) in [4.78, 5) is 39.4. The van der Waals surface area contributed by atoms with Gasteiger partial charge in [0.1, 0.15) is 17.8 Å². The molecule has 0 radical (unpaired) electrons. The van der Waals surface area contributed by atoms with Crippen LogP contribution in [0.15, 0.2) is 29.3 Å². The van der Waals surface area contributed by atoms with E-state index >= 15 is 0 Å². The summed E-state index contributed by atoms with van der Waals surface area (Å²) >= 11 is 1.18. The number of nitrogens with zero attached hydrogens (tertiary/aromatic N) is 2. The van der Waals surface area contributed by atoms with Gasteiger partial charge in [-0.15, -0.1) is 0 Å². The number of nitrogens with one attached hydrogen (secondary N) is 4. The Bertz CT molecular complexity index is 1370. The number of amides is 1. The lowest BCUT2D eigenvalue weighted by Gasteiger charge is -2.22. The Labute approximate surface area is 181 Å². The number of hydrogen-bond acceptors (Lipinski definition) is 6. The predicted molar refractivity (Wildman–Crippen MR) is 121 cm³/mol. The van der Waals surface area contributed by atoms with Crippen LogP contribution < -0.4 is 15.5 Å². The Morgan fingerprint density at radius 2 is 2.10 bits per heavy atom. The van der Waals surface area contributed by atoms with E-state index in [0.29, 0.717) is 18.2 Å². The van der Waals surface area contributed by atoms with E-state index in [1.165, 1.54) is 24.2 Å². The Balaban J connectivity index is 1.31. The number of H-pyrrole nitrogens is 2. The molecule has 0 saturated heterocycles. The van der Waals surface area contributed by atoms with Crippen LogP contribution in [0.1, 0.15) is 30.5 Å². The van der Waals surface area contributed by atoms with Crippen molar-refractivity contribution in [1.29, 1.82) is 0 Å². The van der Waals surface area contributed by atoms with Gasteiger partial charge in [0.05, 0.1) is 15.6 Å². The standard InChI is InChI=1S/C22H22N6O2S/c29-21(23-9-11-1-2-11)12-3-5-15-14(7-12)18-19(24-10-25-20(18)27-15)26-13-4-6-16-17(8-13)31-22(30)28-16/h4,6,8,10-12H,1-3,5,7,9H2,(H,23,29)(H,28,30)(H2,24,25,26,27)/t12-/m0/s1. The molecule has 0 unspecified atom stereocenters. The number of benzene rings is 1. The third kappa shape index (κ3) is 3.48. The van der Waals surface area contributed by atoms with Crippen LogP contribution >= 0.6 is 11.3 Å². The number of aromatic amines is 2. The van der Waals surface area contributed by atoms with Crippen molar-refractivity contribution in [2.75, 3.05) is 11.9 Å². The van der Waals surface area contributed by atoms with Crippen molar-refractivity contribution < 1.29 is 4.79 Å². The van der Waals surface area contributed by atoms with Crippen LogP contribution in [0.25, 0.3) is 21.3 Å². The zero-order valence-corrected chi connectivity index (χ0v) is 17.6. The average Bonchev–Trinajstić information content (AvgIpc) is 3.41. The monoisotopic (exact) mass is 434 g/mol. The van der Waals surface area contributed by atoms with Crippen molar-refractivity contribution in [1.82, 2.24) is 25.3 Å². The molecule has 2 aliphatic carbocycles. The molecule has 0 aliphatic heterocycles. The molecule has 3 aromatic heterocycles. The van der Waals surface area contributed by atoms with Crippen molar-refractivity contribution in [3.63, 3.8) is 0 Å². The van der Waals surface area contributed by atoms with Crippen molar-refractivity contribution in [3.8, 4) is 0 Å². The molecular formula is C22H22N6O2S. The lowest BCUT2D eigenvalue weighted by Crippen LogP contribution is -2.35. The summed E-state index contributed by atoms with van der Waals surface area (Å²) in [5.74, 6) is 1.53. The van der Waals surface area contributed by atoms with Crippen LogP contribution in [0.4, 0.5) is 11.5 Å². The number of carbonyl (C=O) groups excluding carboxylic acids is 1. The van der Waals surface area contributed by atoms with Crippen molar-refractivity contribution in [2.24, 2.45) is 11.8 Å². The highest BCUT2D eigenvalue weighted by Gasteiger charge is 2.30. The smallest absolute Gasteiger partial charge is 0.305 e. The van der Waals surface area contributed by atoms with E-state index in [0.717, 1.165) is 57.6 Å². The fraction of sp³-hybridized carbons (Fsp3) is 0.364. The van der Waals surface area contributed by atoms with Crippen LogP contribution in [0, 0.1) is 11.8 Å². The fourth-order valence-electron chi connectivity index (χ4n) is 4.43. The maximum absolute atomic E-state index is 12.7. The number of carbonyl (C=O) groups is 1. The average molecular weight is 435 g/mol. The highest BCUT2D eigenvalue weighted by Crippen LogP contribution is 2.36. The van der Waals surface area contributed by atoms with E-state index in [4.69, 9.17) is 0 Å². The summed E-state index contributed by atoms with van der Waals surface area (Å²) in [6.07, 6.45) is 6.36. The molecule has 0 bridgehead atoms. The molecule has 6 rings (SSSR count). The zero-order valence-electron chi connectivity index (χ0n) is 16.8. The molecular weight excluding hydrogens is 412 g/mol. The van der Waals surface area contributed by atoms with E-state index in [-0.39, 0.29) is 16.7 Å². The van der Waals surface area contributed by atoms with Crippen LogP contribution in [-0.2, 0) is 17.6 Å². The first kappa shape index (κ1) is 18.6. The van der Waals surface area contributed by atoms with E-state index in [1.54, 1.807) is 6.33 Å². The van der Waals surface area contributed by atoms with Gasteiger partial charge in [0.2, 0.25) is 5.91 Å². The Hall–Kier alpha value is -3.20. The van der Waals surface area contributed by atoms with E-state index in [2.05, 4.69) is 30.6 Å². The van der Waals surface area contributed by atoms with Gasteiger partial charge >= 0.3 is 4.87 Å². The largest absolute Gasteiger partial charge is 0.356 e. The topological polar surface area (TPSA) is 116 Å². The van der Waals surface area contributed by atoms with Crippen molar-refractivity contribution in [2.45, 2.75) is 32.1 Å². The Kier molecular flexibility index (Phi) is 4.31. The summed E-state index contributed by atoms with van der Waals surface area (Å²) in [5.41, 5.74) is 4.74. The molecule has 8 nitrogen and oxygen atoms in total. The molecule has 4 N–H and O–H groups in total. The number of aryl methyl sites for hydroxylation is 1. The molecule has 31 heavy (non-hydrogen) atoms. The lowest BCUT2D eigenvalue weighted by atomic mass is 9.86. The molecule has 1 atom stereocenters. The van der Waals surface area contributed by atoms with Gasteiger partial charge in [0.25, 0.3) is 0 Å². The first-order valence-corrected chi connectivity index (χ1v) is 11.5. The molecule has 2 aliphatic rings. The van der Waals surface area contributed by atoms with Gasteiger partial charge in [0.15, 0.2) is 0 Å². The third-order valence-electron chi connectivity index (χ3n) is 6.29. The van der Waals surface area contributed by atoms with Crippen LogP contribution in [0.2, 0.25) is 0 Å². The van der Waals surface area contributed by atoms with Gasteiger partial charge in [-0.25, -0.2) is 9.97 Å². The second-order valence-electron chi connectivity index (χ2n) is 8.51. The second kappa shape index (κ2) is 7.19. The molecule has 4 aromatic rings. The van der Waals surface area contributed by atoms with Gasteiger partial charge in [0, 0.05) is 23.8 Å². The van der Waals surface area contributed by atoms with Crippen LogP contribution in [0.3, 0.4) is 0 Å². The van der Waals surface area contributed by atoms with Crippen molar-refractivity contribution in [3.05, 3.63) is 45.5 Å². The molecule has 1 amide bonds. The number of anilines is 2. The summed E-state index contributed by atoms with van der Waals surface area (Å²) < 4.78 is 0.892. The van der Waals surface area contributed by atoms with E-state index in [1.807, 2.05) is 18.2 Å². The van der Waals surface area contributed by atoms with E-state index < -0.39 is 0 Å². The number of fused-ring (bicyclic) bond motifs is 4. The Morgan fingerprint density at radius 1 is 1.19 bits per heavy atom. The van der Waals surface area contributed by atoms with Crippen LogP contribution in [-0.4, -0.2) is 32.4 Å². The van der Waals surface area contributed by atoms with Gasteiger partial charge in [-0.05, 0) is 61.8 Å². The quantitative estimate of drug-likeness (QED) is 0.385. The third-order valence-corrected chi connectivity index (χ3v) is 7.14. The first-order chi connectivity index (χ1) is 15.1. The number of rotatable bonds is 5. The summed E-state index contributed by atoms with van der Waals surface area (Å²) in [7, 11) is 0. The normalized spacial score (nSPS) is 18.3. The van der Waals surface area contributed by atoms with Crippen LogP contribution in [0.5, 0.6) is 0 Å². The molecule has 9 heteroatoms.